The zero-order chi connectivity index (χ0) is 9.26. The number of anilines is 1. The molecule has 0 N–H and O–H groups in total. The van der Waals surface area contributed by atoms with E-state index in [1.807, 2.05) is 24.3 Å². The molecule has 0 radical (unpaired) electrons. The predicted molar refractivity (Wildman–Crippen MR) is 53.0 cm³/mol. The summed E-state index contributed by atoms with van der Waals surface area (Å²) in [6.07, 6.45) is 0.678. The van der Waals surface area contributed by atoms with Crippen LogP contribution in [0.3, 0.4) is 0 Å². The van der Waals surface area contributed by atoms with Gasteiger partial charge in [0.05, 0.1) is 0 Å². The molecule has 1 heterocycles. The predicted octanol–water partition coefficient (Wildman–Crippen LogP) is 2.16. The molecule has 0 aliphatic carbocycles. The quantitative estimate of drug-likeness (QED) is 0.523. The van der Waals surface area contributed by atoms with Crippen LogP contribution in [0.1, 0.15) is 12.0 Å². The van der Waals surface area contributed by atoms with Gasteiger partial charge in [-0.15, -0.1) is 11.6 Å². The Morgan fingerprint density at radius 3 is 2.38 bits per heavy atom. The van der Waals surface area contributed by atoms with Gasteiger partial charge in [-0.2, -0.15) is 0 Å². The summed E-state index contributed by atoms with van der Waals surface area (Å²) in [6.45, 7) is 0.846. The maximum Gasteiger partial charge on any atom is 0.228 e. The van der Waals surface area contributed by atoms with Crippen molar-refractivity contribution in [3.63, 3.8) is 0 Å². The van der Waals surface area contributed by atoms with Crippen LogP contribution >= 0.6 is 11.6 Å². The summed E-state index contributed by atoms with van der Waals surface area (Å²) in [5, 5.41) is 0. The highest BCUT2D eigenvalue weighted by molar-refractivity contribution is 6.17. The molecule has 2 rings (SSSR count). The Kier molecular flexibility index (Phi) is 2.23. The highest BCUT2D eigenvalue weighted by Crippen LogP contribution is 2.22. The first-order valence-corrected chi connectivity index (χ1v) is 4.80. The number of hydrogen-bond donors (Lipinski definition) is 0. The Hall–Kier alpha value is -1.02. The fourth-order valence-corrected chi connectivity index (χ4v) is 1.53. The van der Waals surface area contributed by atoms with Crippen molar-refractivity contribution in [1.82, 2.24) is 0 Å². The van der Waals surface area contributed by atoms with Gasteiger partial charge < -0.3 is 4.90 Å². The van der Waals surface area contributed by atoms with Crippen LogP contribution in [0, 0.1) is 0 Å². The van der Waals surface area contributed by atoms with E-state index in [-0.39, 0.29) is 5.91 Å². The van der Waals surface area contributed by atoms with Crippen LogP contribution in [0.5, 0.6) is 0 Å². The molecule has 0 atom stereocenters. The fraction of sp³-hybridized carbons (Fsp3) is 0.300. The van der Waals surface area contributed by atoms with Gasteiger partial charge in [-0.05, 0) is 17.7 Å². The third-order valence-electron chi connectivity index (χ3n) is 2.25. The molecular formula is C10H10ClNO. The standard InChI is InChI=1S/C10H10ClNO/c11-7-8-1-3-9(4-2-8)12-6-5-10(12)13/h1-4H,5-7H2. The second kappa shape index (κ2) is 3.38. The molecule has 3 heteroatoms. The molecule has 0 unspecified atom stereocenters. The molecule has 13 heavy (non-hydrogen) atoms. The summed E-state index contributed by atoms with van der Waals surface area (Å²) >= 11 is 5.65. The van der Waals surface area contributed by atoms with Gasteiger partial charge in [0, 0.05) is 24.5 Å². The molecule has 1 fully saturated rings. The van der Waals surface area contributed by atoms with E-state index in [4.69, 9.17) is 11.6 Å². The van der Waals surface area contributed by atoms with Crippen molar-refractivity contribution in [3.05, 3.63) is 29.8 Å². The van der Waals surface area contributed by atoms with Gasteiger partial charge in [0.1, 0.15) is 0 Å². The van der Waals surface area contributed by atoms with Gasteiger partial charge in [0.2, 0.25) is 5.91 Å². The van der Waals surface area contributed by atoms with Gasteiger partial charge in [0.15, 0.2) is 0 Å². The van der Waals surface area contributed by atoms with E-state index in [1.165, 1.54) is 0 Å². The monoisotopic (exact) mass is 195 g/mol. The van der Waals surface area contributed by atoms with Crippen molar-refractivity contribution in [2.75, 3.05) is 11.4 Å². The molecule has 1 amide bonds. The lowest BCUT2D eigenvalue weighted by molar-refractivity contribution is -0.122. The zero-order valence-electron chi connectivity index (χ0n) is 7.16. The normalized spacial score (nSPS) is 15.8. The number of alkyl halides is 1. The summed E-state index contributed by atoms with van der Waals surface area (Å²) < 4.78 is 0. The minimum Gasteiger partial charge on any atom is -0.312 e. The zero-order valence-corrected chi connectivity index (χ0v) is 7.92. The largest absolute Gasteiger partial charge is 0.312 e. The van der Waals surface area contributed by atoms with E-state index < -0.39 is 0 Å². The van der Waals surface area contributed by atoms with Gasteiger partial charge >= 0.3 is 0 Å². The lowest BCUT2D eigenvalue weighted by Gasteiger charge is -2.30. The number of amides is 1. The Morgan fingerprint density at radius 2 is 2.00 bits per heavy atom. The molecule has 1 aliphatic rings. The van der Waals surface area contributed by atoms with Crippen LogP contribution in [0.2, 0.25) is 0 Å². The number of β-lactam (4-membered cyclic amide) rings is 1. The third kappa shape index (κ3) is 1.54. The van der Waals surface area contributed by atoms with Crippen LogP contribution in [0.15, 0.2) is 24.3 Å². The molecule has 2 nitrogen and oxygen atoms in total. The Labute approximate surface area is 82.1 Å². The van der Waals surface area contributed by atoms with Crippen molar-refractivity contribution < 1.29 is 4.79 Å². The number of rotatable bonds is 2. The van der Waals surface area contributed by atoms with Crippen LogP contribution in [0.25, 0.3) is 0 Å². The smallest absolute Gasteiger partial charge is 0.228 e. The summed E-state index contributed by atoms with van der Waals surface area (Å²) in [5.74, 6) is 0.729. The maximum absolute atomic E-state index is 11.1. The highest BCUT2D eigenvalue weighted by atomic mass is 35.5. The number of benzene rings is 1. The second-order valence-corrected chi connectivity index (χ2v) is 3.36. The summed E-state index contributed by atoms with van der Waals surface area (Å²) in [5.41, 5.74) is 2.06. The molecule has 1 aliphatic heterocycles. The first kappa shape index (κ1) is 8.57. The van der Waals surface area contributed by atoms with Gasteiger partial charge in [0.25, 0.3) is 0 Å². The fourth-order valence-electron chi connectivity index (χ4n) is 1.35. The number of carbonyl (C=O) groups is 1. The Morgan fingerprint density at radius 1 is 1.31 bits per heavy atom. The topological polar surface area (TPSA) is 20.3 Å². The first-order valence-electron chi connectivity index (χ1n) is 4.26. The van der Waals surface area contributed by atoms with Crippen molar-refractivity contribution in [2.45, 2.75) is 12.3 Å². The van der Waals surface area contributed by atoms with E-state index in [0.29, 0.717) is 12.3 Å². The molecule has 0 aromatic heterocycles. The maximum atomic E-state index is 11.1. The van der Waals surface area contributed by atoms with Gasteiger partial charge in [-0.1, -0.05) is 12.1 Å². The molecule has 1 aromatic carbocycles. The SMILES string of the molecule is O=C1CCN1c1ccc(CCl)cc1. The molecule has 1 aromatic rings. The minimum absolute atomic E-state index is 0.207. The Balaban J connectivity index is 2.18. The van der Waals surface area contributed by atoms with Crippen molar-refractivity contribution in [2.24, 2.45) is 0 Å². The average Bonchev–Trinajstić information content (AvgIpc) is 2.17. The molecule has 0 saturated carbocycles. The average molecular weight is 196 g/mol. The van der Waals surface area contributed by atoms with E-state index >= 15 is 0 Å². The number of hydrogen-bond acceptors (Lipinski definition) is 1. The summed E-state index contributed by atoms with van der Waals surface area (Å²) in [6, 6.07) is 7.78. The number of nitrogens with zero attached hydrogens (tertiary/aromatic N) is 1. The van der Waals surface area contributed by atoms with Crippen LogP contribution < -0.4 is 4.90 Å². The van der Waals surface area contributed by atoms with Gasteiger partial charge in [-0.3, -0.25) is 4.79 Å². The molecular weight excluding hydrogens is 186 g/mol. The van der Waals surface area contributed by atoms with Crippen LogP contribution in [0.4, 0.5) is 5.69 Å². The number of carbonyl (C=O) groups excluding carboxylic acids is 1. The van der Waals surface area contributed by atoms with Crippen molar-refractivity contribution in [1.29, 1.82) is 0 Å². The van der Waals surface area contributed by atoms with Crippen LogP contribution in [-0.4, -0.2) is 12.5 Å². The summed E-state index contributed by atoms with van der Waals surface area (Å²) in [4.78, 5) is 12.9. The lowest BCUT2D eigenvalue weighted by Crippen LogP contribution is -2.43. The van der Waals surface area contributed by atoms with E-state index in [9.17, 15) is 4.79 Å². The van der Waals surface area contributed by atoms with E-state index in [0.717, 1.165) is 17.8 Å². The number of halogens is 1. The van der Waals surface area contributed by atoms with E-state index in [1.54, 1.807) is 4.90 Å². The second-order valence-electron chi connectivity index (χ2n) is 3.10. The third-order valence-corrected chi connectivity index (χ3v) is 2.56. The van der Waals surface area contributed by atoms with Crippen molar-refractivity contribution >= 4 is 23.2 Å². The molecule has 1 saturated heterocycles. The Bertz CT molecular complexity index is 320. The molecule has 0 bridgehead atoms. The summed E-state index contributed by atoms with van der Waals surface area (Å²) in [7, 11) is 0. The van der Waals surface area contributed by atoms with Gasteiger partial charge in [-0.25, -0.2) is 0 Å². The highest BCUT2D eigenvalue weighted by Gasteiger charge is 2.24. The van der Waals surface area contributed by atoms with Crippen molar-refractivity contribution in [3.8, 4) is 0 Å². The molecule has 68 valence electrons. The molecule has 0 spiro atoms. The van der Waals surface area contributed by atoms with E-state index in [2.05, 4.69) is 0 Å². The minimum atomic E-state index is 0.207. The van der Waals surface area contributed by atoms with Crippen LogP contribution in [-0.2, 0) is 10.7 Å². The first-order chi connectivity index (χ1) is 6.31. The lowest BCUT2D eigenvalue weighted by atomic mass is 10.1.